The SMILES string of the molecule is CCC(CC)C(O)c1ccc(C2CCC2)cc1. The molecule has 1 aliphatic rings. The second-order valence-corrected chi connectivity index (χ2v) is 5.32. The molecule has 0 radical (unpaired) electrons. The maximum atomic E-state index is 10.3. The Hall–Kier alpha value is -0.820. The molecule has 1 N–H and O–H groups in total. The maximum Gasteiger partial charge on any atom is 0.0818 e. The Morgan fingerprint density at radius 3 is 2.12 bits per heavy atom. The van der Waals surface area contributed by atoms with Gasteiger partial charge < -0.3 is 5.11 Å². The lowest BCUT2D eigenvalue weighted by Crippen LogP contribution is -2.12. The van der Waals surface area contributed by atoms with Gasteiger partial charge in [-0.2, -0.15) is 0 Å². The van der Waals surface area contributed by atoms with Crippen LogP contribution in [0, 0.1) is 5.92 Å². The zero-order chi connectivity index (χ0) is 12.3. The molecule has 1 saturated carbocycles. The number of hydrogen-bond acceptors (Lipinski definition) is 1. The molecule has 0 aliphatic heterocycles. The minimum atomic E-state index is -0.291. The van der Waals surface area contributed by atoms with Crippen LogP contribution in [0.2, 0.25) is 0 Å². The van der Waals surface area contributed by atoms with E-state index in [1.54, 1.807) is 0 Å². The van der Waals surface area contributed by atoms with Crippen LogP contribution in [-0.2, 0) is 0 Å². The molecular formula is C16H24O. The third-order valence-electron chi connectivity index (χ3n) is 4.35. The van der Waals surface area contributed by atoms with Gasteiger partial charge in [-0.25, -0.2) is 0 Å². The average molecular weight is 232 g/mol. The van der Waals surface area contributed by atoms with Crippen LogP contribution in [0.25, 0.3) is 0 Å². The summed E-state index contributed by atoms with van der Waals surface area (Å²) in [5, 5.41) is 10.3. The van der Waals surface area contributed by atoms with Crippen LogP contribution in [-0.4, -0.2) is 5.11 Å². The zero-order valence-corrected chi connectivity index (χ0v) is 11.0. The summed E-state index contributed by atoms with van der Waals surface area (Å²) in [6.45, 7) is 4.31. The monoisotopic (exact) mass is 232 g/mol. The molecule has 0 saturated heterocycles. The third kappa shape index (κ3) is 2.71. The molecule has 1 atom stereocenters. The fourth-order valence-electron chi connectivity index (χ4n) is 2.71. The van der Waals surface area contributed by atoms with Crippen molar-refractivity contribution in [2.45, 2.75) is 58.0 Å². The summed E-state index contributed by atoms with van der Waals surface area (Å²) in [6, 6.07) is 8.67. The molecule has 0 aromatic heterocycles. The Bertz CT molecular complexity index is 333. The van der Waals surface area contributed by atoms with Crippen molar-refractivity contribution in [2.24, 2.45) is 5.92 Å². The van der Waals surface area contributed by atoms with Gasteiger partial charge >= 0.3 is 0 Å². The van der Waals surface area contributed by atoms with Crippen LogP contribution in [0.3, 0.4) is 0 Å². The number of aliphatic hydroxyl groups is 1. The van der Waals surface area contributed by atoms with Gasteiger partial charge in [-0.05, 0) is 35.8 Å². The lowest BCUT2D eigenvalue weighted by molar-refractivity contribution is 0.103. The van der Waals surface area contributed by atoms with E-state index in [1.807, 2.05) is 0 Å². The molecule has 0 amide bonds. The topological polar surface area (TPSA) is 20.2 Å². The molecule has 0 spiro atoms. The van der Waals surface area contributed by atoms with E-state index in [-0.39, 0.29) is 6.10 Å². The molecule has 1 aliphatic carbocycles. The molecular weight excluding hydrogens is 208 g/mol. The van der Waals surface area contributed by atoms with E-state index in [0.29, 0.717) is 5.92 Å². The van der Waals surface area contributed by atoms with Crippen molar-refractivity contribution in [1.29, 1.82) is 0 Å². The van der Waals surface area contributed by atoms with Crippen molar-refractivity contribution in [1.82, 2.24) is 0 Å². The lowest BCUT2D eigenvalue weighted by atomic mass is 9.79. The third-order valence-corrected chi connectivity index (χ3v) is 4.35. The molecule has 1 aromatic rings. The highest BCUT2D eigenvalue weighted by Gasteiger charge is 2.21. The molecule has 1 nitrogen and oxygen atoms in total. The lowest BCUT2D eigenvalue weighted by Gasteiger charge is -2.26. The van der Waals surface area contributed by atoms with Crippen molar-refractivity contribution in [3.63, 3.8) is 0 Å². The van der Waals surface area contributed by atoms with Crippen molar-refractivity contribution in [2.75, 3.05) is 0 Å². The Labute approximate surface area is 105 Å². The second kappa shape index (κ2) is 5.68. The normalized spacial score (nSPS) is 18.1. The Kier molecular flexibility index (Phi) is 4.22. The Morgan fingerprint density at radius 2 is 1.71 bits per heavy atom. The largest absolute Gasteiger partial charge is 0.388 e. The van der Waals surface area contributed by atoms with Crippen LogP contribution < -0.4 is 0 Å². The fraction of sp³-hybridized carbons (Fsp3) is 0.625. The molecule has 94 valence electrons. The molecule has 1 unspecified atom stereocenters. The minimum absolute atomic E-state index is 0.291. The Morgan fingerprint density at radius 1 is 1.12 bits per heavy atom. The first-order valence-electron chi connectivity index (χ1n) is 7.04. The standard InChI is InChI=1S/C16H24O/c1-3-12(4-2)16(17)15-10-8-14(9-11-15)13-6-5-7-13/h8-13,16-17H,3-7H2,1-2H3. The minimum Gasteiger partial charge on any atom is -0.388 e. The molecule has 1 heteroatoms. The maximum absolute atomic E-state index is 10.3. The molecule has 2 rings (SSSR count). The average Bonchev–Trinajstić information content (AvgIpc) is 2.29. The fourth-order valence-corrected chi connectivity index (χ4v) is 2.71. The smallest absolute Gasteiger partial charge is 0.0818 e. The molecule has 0 bridgehead atoms. The van der Waals surface area contributed by atoms with E-state index in [2.05, 4.69) is 38.1 Å². The first-order chi connectivity index (χ1) is 8.26. The summed E-state index contributed by atoms with van der Waals surface area (Å²) in [5.74, 6) is 1.18. The summed E-state index contributed by atoms with van der Waals surface area (Å²) < 4.78 is 0. The van der Waals surface area contributed by atoms with Gasteiger partial charge in [0.05, 0.1) is 6.10 Å². The van der Waals surface area contributed by atoms with Gasteiger partial charge in [-0.1, -0.05) is 57.4 Å². The highest BCUT2D eigenvalue weighted by atomic mass is 16.3. The van der Waals surface area contributed by atoms with E-state index in [9.17, 15) is 5.11 Å². The van der Waals surface area contributed by atoms with Gasteiger partial charge in [-0.15, -0.1) is 0 Å². The predicted octanol–water partition coefficient (Wildman–Crippen LogP) is 4.42. The summed E-state index contributed by atoms with van der Waals surface area (Å²) >= 11 is 0. The van der Waals surface area contributed by atoms with Crippen molar-refractivity contribution in [3.05, 3.63) is 35.4 Å². The van der Waals surface area contributed by atoms with Crippen LogP contribution in [0.1, 0.15) is 69.1 Å². The van der Waals surface area contributed by atoms with Gasteiger partial charge in [0.15, 0.2) is 0 Å². The molecule has 1 aromatic carbocycles. The van der Waals surface area contributed by atoms with Crippen LogP contribution in [0.4, 0.5) is 0 Å². The van der Waals surface area contributed by atoms with E-state index < -0.39 is 0 Å². The van der Waals surface area contributed by atoms with Crippen LogP contribution >= 0.6 is 0 Å². The van der Waals surface area contributed by atoms with Crippen molar-refractivity contribution in [3.8, 4) is 0 Å². The number of rotatable bonds is 5. The zero-order valence-electron chi connectivity index (χ0n) is 11.0. The summed E-state index contributed by atoms with van der Waals surface area (Å²) in [7, 11) is 0. The summed E-state index contributed by atoms with van der Waals surface area (Å²) in [5.41, 5.74) is 2.54. The van der Waals surface area contributed by atoms with Crippen molar-refractivity contribution >= 4 is 0 Å². The summed E-state index contributed by atoms with van der Waals surface area (Å²) in [6.07, 6.45) is 5.86. The quantitative estimate of drug-likeness (QED) is 0.796. The van der Waals surface area contributed by atoms with E-state index in [1.165, 1.54) is 24.8 Å². The van der Waals surface area contributed by atoms with Crippen LogP contribution in [0.5, 0.6) is 0 Å². The first-order valence-corrected chi connectivity index (χ1v) is 7.04. The highest BCUT2D eigenvalue weighted by Crippen LogP contribution is 2.37. The van der Waals surface area contributed by atoms with E-state index in [0.717, 1.165) is 24.3 Å². The summed E-state index contributed by atoms with van der Waals surface area (Å²) in [4.78, 5) is 0. The molecule has 17 heavy (non-hydrogen) atoms. The van der Waals surface area contributed by atoms with Gasteiger partial charge in [0.2, 0.25) is 0 Å². The number of benzene rings is 1. The van der Waals surface area contributed by atoms with Crippen LogP contribution in [0.15, 0.2) is 24.3 Å². The first kappa shape index (κ1) is 12.6. The van der Waals surface area contributed by atoms with Crippen molar-refractivity contribution < 1.29 is 5.11 Å². The van der Waals surface area contributed by atoms with Gasteiger partial charge in [0.25, 0.3) is 0 Å². The molecule has 0 heterocycles. The van der Waals surface area contributed by atoms with E-state index in [4.69, 9.17) is 0 Å². The number of hydrogen-bond donors (Lipinski definition) is 1. The number of aliphatic hydroxyl groups excluding tert-OH is 1. The second-order valence-electron chi connectivity index (χ2n) is 5.32. The Balaban J connectivity index is 2.05. The van der Waals surface area contributed by atoms with Gasteiger partial charge in [-0.3, -0.25) is 0 Å². The predicted molar refractivity (Wildman–Crippen MR) is 72.1 cm³/mol. The molecule has 1 fully saturated rings. The highest BCUT2D eigenvalue weighted by molar-refractivity contribution is 5.28. The van der Waals surface area contributed by atoms with E-state index >= 15 is 0 Å². The van der Waals surface area contributed by atoms with Gasteiger partial charge in [0.1, 0.15) is 0 Å². The van der Waals surface area contributed by atoms with Gasteiger partial charge in [0, 0.05) is 0 Å².